The van der Waals surface area contributed by atoms with Crippen LogP contribution in [0.5, 0.6) is 0 Å². The minimum Gasteiger partial charge on any atom is -0.469 e. The molecule has 0 radical (unpaired) electrons. The van der Waals surface area contributed by atoms with Crippen LogP contribution in [0.25, 0.3) is 0 Å². The van der Waals surface area contributed by atoms with E-state index < -0.39 is 0 Å². The minimum absolute atomic E-state index is 0.0937. The van der Waals surface area contributed by atoms with Gasteiger partial charge in [0.25, 0.3) is 0 Å². The summed E-state index contributed by atoms with van der Waals surface area (Å²) in [5.74, 6) is 0.512. The van der Waals surface area contributed by atoms with E-state index in [1.807, 2.05) is 13.8 Å². The quantitative estimate of drug-likeness (QED) is 0.662. The summed E-state index contributed by atoms with van der Waals surface area (Å²) in [6.07, 6.45) is 1.64. The predicted octanol–water partition coefficient (Wildman–Crippen LogP) is 2.21. The summed E-state index contributed by atoms with van der Waals surface area (Å²) in [6, 6.07) is 0. The Kier molecular flexibility index (Phi) is 6.57. The van der Waals surface area contributed by atoms with Gasteiger partial charge < -0.3 is 10.1 Å². The Labute approximate surface area is 93.6 Å². The second kappa shape index (κ2) is 6.83. The monoisotopic (exact) mass is 215 g/mol. The van der Waals surface area contributed by atoms with Crippen LogP contribution in [0, 0.1) is 11.3 Å². The third-order valence-electron chi connectivity index (χ3n) is 2.99. The van der Waals surface area contributed by atoms with Gasteiger partial charge in [-0.1, -0.05) is 27.7 Å². The second-order valence-corrected chi connectivity index (χ2v) is 4.50. The highest BCUT2D eigenvalue weighted by atomic mass is 16.5. The van der Waals surface area contributed by atoms with Crippen LogP contribution in [0.4, 0.5) is 0 Å². The molecule has 0 aliphatic heterocycles. The molecule has 0 rings (SSSR count). The smallest absolute Gasteiger partial charge is 0.313 e. The zero-order valence-electron chi connectivity index (χ0n) is 10.7. The fourth-order valence-corrected chi connectivity index (χ4v) is 1.68. The summed E-state index contributed by atoms with van der Waals surface area (Å²) < 4.78 is 4.88. The maximum absolute atomic E-state index is 11.7. The van der Waals surface area contributed by atoms with E-state index in [0.29, 0.717) is 12.5 Å². The maximum Gasteiger partial charge on any atom is 0.313 e. The Morgan fingerprint density at radius 3 is 2.20 bits per heavy atom. The first-order valence-corrected chi connectivity index (χ1v) is 5.81. The fourth-order valence-electron chi connectivity index (χ4n) is 1.68. The van der Waals surface area contributed by atoms with Crippen molar-refractivity contribution in [2.45, 2.75) is 40.5 Å². The summed E-state index contributed by atoms with van der Waals surface area (Å²) in [5.41, 5.74) is -0.344. The number of rotatable bonds is 7. The molecule has 0 aromatic heterocycles. The number of nitrogens with one attached hydrogen (secondary N) is 1. The first kappa shape index (κ1) is 14.4. The topological polar surface area (TPSA) is 38.3 Å². The lowest BCUT2D eigenvalue weighted by molar-refractivity contribution is -0.153. The molecule has 0 heterocycles. The average molecular weight is 215 g/mol. The van der Waals surface area contributed by atoms with Crippen molar-refractivity contribution in [3.05, 3.63) is 0 Å². The van der Waals surface area contributed by atoms with Gasteiger partial charge in [0.2, 0.25) is 0 Å². The van der Waals surface area contributed by atoms with Crippen molar-refractivity contribution in [3.63, 3.8) is 0 Å². The van der Waals surface area contributed by atoms with Gasteiger partial charge in [0.15, 0.2) is 0 Å². The summed E-state index contributed by atoms with van der Waals surface area (Å²) in [7, 11) is 1.46. The van der Waals surface area contributed by atoms with Gasteiger partial charge in [0.1, 0.15) is 0 Å². The molecular formula is C12H25NO2. The third kappa shape index (κ3) is 4.20. The Morgan fingerprint density at radius 1 is 1.33 bits per heavy atom. The molecule has 0 saturated heterocycles. The highest BCUT2D eigenvalue weighted by Crippen LogP contribution is 2.27. The molecule has 0 atom stereocenters. The molecule has 1 N–H and O–H groups in total. The summed E-state index contributed by atoms with van der Waals surface area (Å²) >= 11 is 0. The Morgan fingerprint density at radius 2 is 1.87 bits per heavy atom. The first-order chi connectivity index (χ1) is 7.02. The normalized spacial score (nSPS) is 11.9. The van der Waals surface area contributed by atoms with E-state index in [9.17, 15) is 4.79 Å². The molecule has 0 bridgehead atoms. The molecule has 0 aromatic rings. The van der Waals surface area contributed by atoms with Gasteiger partial charge >= 0.3 is 5.97 Å². The van der Waals surface area contributed by atoms with Crippen molar-refractivity contribution in [1.29, 1.82) is 0 Å². The number of methoxy groups -OCH3 is 1. The van der Waals surface area contributed by atoms with E-state index in [2.05, 4.69) is 19.2 Å². The van der Waals surface area contributed by atoms with Gasteiger partial charge in [-0.2, -0.15) is 0 Å². The zero-order chi connectivity index (χ0) is 11.9. The number of carbonyl (C=O) groups excluding carboxylic acids is 1. The number of carbonyl (C=O) groups is 1. The van der Waals surface area contributed by atoms with E-state index in [1.165, 1.54) is 7.11 Å². The van der Waals surface area contributed by atoms with Crippen LogP contribution < -0.4 is 5.32 Å². The van der Waals surface area contributed by atoms with Crippen LogP contribution in [0.1, 0.15) is 40.5 Å². The van der Waals surface area contributed by atoms with Crippen LogP contribution in [-0.4, -0.2) is 26.2 Å². The van der Waals surface area contributed by atoms with Gasteiger partial charge in [-0.3, -0.25) is 4.79 Å². The summed E-state index contributed by atoms with van der Waals surface area (Å²) in [5, 5.41) is 3.34. The van der Waals surface area contributed by atoms with E-state index in [4.69, 9.17) is 4.74 Å². The number of hydrogen-bond acceptors (Lipinski definition) is 3. The predicted molar refractivity (Wildman–Crippen MR) is 62.7 cm³/mol. The van der Waals surface area contributed by atoms with Crippen LogP contribution in [0.2, 0.25) is 0 Å². The molecule has 3 nitrogen and oxygen atoms in total. The van der Waals surface area contributed by atoms with Gasteiger partial charge in [-0.05, 0) is 25.3 Å². The standard InChI is InChI=1S/C12H25NO2/c1-6-12(7-2,11(14)15-5)9-13-8-10(3)4/h10,13H,6-9H2,1-5H3. The molecule has 0 fully saturated rings. The van der Waals surface area contributed by atoms with Gasteiger partial charge in [0, 0.05) is 6.54 Å². The minimum atomic E-state index is -0.344. The molecular weight excluding hydrogens is 190 g/mol. The van der Waals surface area contributed by atoms with E-state index in [-0.39, 0.29) is 11.4 Å². The van der Waals surface area contributed by atoms with Crippen LogP contribution in [0.15, 0.2) is 0 Å². The van der Waals surface area contributed by atoms with Gasteiger partial charge in [-0.25, -0.2) is 0 Å². The van der Waals surface area contributed by atoms with Crippen molar-refractivity contribution in [3.8, 4) is 0 Å². The fraction of sp³-hybridized carbons (Fsp3) is 0.917. The van der Waals surface area contributed by atoms with Crippen molar-refractivity contribution in [2.75, 3.05) is 20.2 Å². The summed E-state index contributed by atoms with van der Waals surface area (Å²) in [6.45, 7) is 10.0. The van der Waals surface area contributed by atoms with Crippen LogP contribution in [0.3, 0.4) is 0 Å². The Balaban J connectivity index is 4.31. The molecule has 15 heavy (non-hydrogen) atoms. The summed E-state index contributed by atoms with van der Waals surface area (Å²) in [4.78, 5) is 11.7. The van der Waals surface area contributed by atoms with Gasteiger partial charge in [0.05, 0.1) is 12.5 Å². The molecule has 3 heteroatoms. The number of ether oxygens (including phenoxy) is 1. The Hall–Kier alpha value is -0.570. The first-order valence-electron chi connectivity index (χ1n) is 5.81. The molecule has 0 aliphatic rings. The molecule has 0 spiro atoms. The second-order valence-electron chi connectivity index (χ2n) is 4.50. The SMILES string of the molecule is CCC(CC)(CNCC(C)C)C(=O)OC. The number of hydrogen-bond donors (Lipinski definition) is 1. The molecule has 0 aliphatic carbocycles. The van der Waals surface area contributed by atoms with Crippen LogP contribution >= 0.6 is 0 Å². The van der Waals surface area contributed by atoms with Crippen molar-refractivity contribution in [2.24, 2.45) is 11.3 Å². The van der Waals surface area contributed by atoms with Crippen molar-refractivity contribution in [1.82, 2.24) is 5.32 Å². The third-order valence-corrected chi connectivity index (χ3v) is 2.99. The van der Waals surface area contributed by atoms with Gasteiger partial charge in [-0.15, -0.1) is 0 Å². The maximum atomic E-state index is 11.7. The average Bonchev–Trinajstić information content (AvgIpc) is 2.23. The molecule has 0 amide bonds. The number of esters is 1. The highest BCUT2D eigenvalue weighted by Gasteiger charge is 2.35. The molecule has 0 aromatic carbocycles. The Bertz CT molecular complexity index is 186. The molecule has 0 unspecified atom stereocenters. The van der Waals surface area contributed by atoms with E-state index >= 15 is 0 Å². The molecule has 90 valence electrons. The van der Waals surface area contributed by atoms with Crippen molar-refractivity contribution < 1.29 is 9.53 Å². The van der Waals surface area contributed by atoms with E-state index in [1.54, 1.807) is 0 Å². The largest absolute Gasteiger partial charge is 0.469 e. The van der Waals surface area contributed by atoms with Crippen molar-refractivity contribution >= 4 is 5.97 Å². The van der Waals surface area contributed by atoms with E-state index in [0.717, 1.165) is 19.4 Å². The molecule has 0 saturated carbocycles. The lowest BCUT2D eigenvalue weighted by Crippen LogP contribution is -2.42. The zero-order valence-corrected chi connectivity index (χ0v) is 10.7. The lowest BCUT2D eigenvalue weighted by Gasteiger charge is -2.29. The lowest BCUT2D eigenvalue weighted by atomic mass is 9.82. The van der Waals surface area contributed by atoms with Crippen LogP contribution in [-0.2, 0) is 9.53 Å². The highest BCUT2D eigenvalue weighted by molar-refractivity contribution is 5.76.